The summed E-state index contributed by atoms with van der Waals surface area (Å²) in [7, 11) is 0. The molecule has 0 radical (unpaired) electrons. The first kappa shape index (κ1) is 22.0. The number of Topliss-reactive ketones (excluding diaryl/α,β-unsaturated/α-hetero) is 1. The fourth-order valence-corrected chi connectivity index (χ4v) is 5.92. The van der Waals surface area contributed by atoms with E-state index in [-0.39, 0.29) is 11.7 Å². The highest BCUT2D eigenvalue weighted by Gasteiger charge is 2.52. The fourth-order valence-electron chi connectivity index (χ4n) is 5.15. The summed E-state index contributed by atoms with van der Waals surface area (Å²) in [6.45, 7) is 3.09. The molecule has 3 aromatic heterocycles. The van der Waals surface area contributed by atoms with Crippen LogP contribution in [0.5, 0.6) is 0 Å². The van der Waals surface area contributed by atoms with Crippen LogP contribution in [0.1, 0.15) is 81.2 Å². The third kappa shape index (κ3) is 3.56. The van der Waals surface area contributed by atoms with Gasteiger partial charge in [-0.2, -0.15) is 0 Å². The van der Waals surface area contributed by atoms with Crippen molar-refractivity contribution < 1.29 is 18.8 Å². The number of alkyl halides is 1. The number of carbonyl (C=O) groups excluding carboxylic acids is 3. The molecule has 3 aliphatic rings. The molecular weight excluding hydrogens is 471 g/mol. The molecule has 3 atom stereocenters. The van der Waals surface area contributed by atoms with Crippen LogP contribution < -0.4 is 10.6 Å². The minimum absolute atomic E-state index is 0.157. The Morgan fingerprint density at radius 2 is 2.11 bits per heavy atom. The van der Waals surface area contributed by atoms with Gasteiger partial charge in [0.15, 0.2) is 0 Å². The largest absolute Gasteiger partial charge is 0.337 e. The molecule has 2 fully saturated rings. The molecule has 2 amide bonds. The van der Waals surface area contributed by atoms with Crippen LogP contribution in [0, 0.1) is 12.8 Å². The molecule has 6 rings (SSSR count). The van der Waals surface area contributed by atoms with Crippen LogP contribution in [0.25, 0.3) is 0 Å². The van der Waals surface area contributed by atoms with Crippen molar-refractivity contribution in [2.24, 2.45) is 5.92 Å². The van der Waals surface area contributed by atoms with Crippen molar-refractivity contribution >= 4 is 34.6 Å². The molecule has 1 unspecified atom stereocenters. The van der Waals surface area contributed by atoms with Crippen LogP contribution in [0.3, 0.4) is 0 Å². The van der Waals surface area contributed by atoms with E-state index in [0.717, 1.165) is 12.1 Å². The van der Waals surface area contributed by atoms with Crippen molar-refractivity contribution in [3.8, 4) is 0 Å². The normalized spacial score (nSPS) is 21.6. The Balaban J connectivity index is 1.30. The molecule has 2 saturated carbocycles. The van der Waals surface area contributed by atoms with Crippen molar-refractivity contribution in [1.82, 2.24) is 25.1 Å². The molecule has 35 heavy (non-hydrogen) atoms. The number of pyridine rings is 1. The van der Waals surface area contributed by atoms with E-state index in [1.807, 2.05) is 4.57 Å². The zero-order valence-electron chi connectivity index (χ0n) is 19.2. The van der Waals surface area contributed by atoms with Gasteiger partial charge in [-0.3, -0.25) is 19.4 Å². The summed E-state index contributed by atoms with van der Waals surface area (Å²) in [5.41, 5.74) is 3.52. The molecule has 4 heterocycles. The minimum Gasteiger partial charge on any atom is -0.337 e. The second-order valence-corrected chi connectivity index (χ2v) is 10.4. The van der Waals surface area contributed by atoms with Gasteiger partial charge in [0.25, 0.3) is 17.6 Å². The Morgan fingerprint density at radius 3 is 2.80 bits per heavy atom. The number of halogens is 1. The number of carbonyl (C=O) groups is 3. The van der Waals surface area contributed by atoms with Gasteiger partial charge in [-0.1, -0.05) is 0 Å². The van der Waals surface area contributed by atoms with Crippen LogP contribution >= 0.6 is 11.3 Å². The Bertz CT molecular complexity index is 1380. The lowest BCUT2D eigenvalue weighted by molar-refractivity contribution is -0.118. The van der Waals surface area contributed by atoms with Gasteiger partial charge in [0.1, 0.15) is 22.4 Å². The van der Waals surface area contributed by atoms with E-state index in [1.54, 1.807) is 18.5 Å². The monoisotopic (exact) mass is 494 g/mol. The van der Waals surface area contributed by atoms with Crippen molar-refractivity contribution in [2.75, 3.05) is 5.32 Å². The van der Waals surface area contributed by atoms with Crippen molar-refractivity contribution in [1.29, 1.82) is 0 Å². The molecule has 11 heteroatoms. The van der Waals surface area contributed by atoms with Gasteiger partial charge >= 0.3 is 0 Å². The first-order valence-corrected chi connectivity index (χ1v) is 12.5. The Hall–Kier alpha value is -3.47. The lowest BCUT2D eigenvalue weighted by Gasteiger charge is -2.14. The van der Waals surface area contributed by atoms with Crippen molar-refractivity contribution in [2.45, 2.75) is 57.3 Å². The number of fused-ring (bicyclic) bond motifs is 3. The van der Waals surface area contributed by atoms with Gasteiger partial charge in [0.05, 0.1) is 16.8 Å². The number of hydrogen-bond acceptors (Lipinski definition) is 7. The summed E-state index contributed by atoms with van der Waals surface area (Å²) in [6, 6.07) is 3.24. The van der Waals surface area contributed by atoms with Crippen molar-refractivity contribution in [3.63, 3.8) is 0 Å². The van der Waals surface area contributed by atoms with Crippen LogP contribution in [-0.4, -0.2) is 37.3 Å². The molecule has 2 aliphatic carbocycles. The van der Waals surface area contributed by atoms with E-state index >= 15 is 0 Å². The Kier molecular flexibility index (Phi) is 4.89. The lowest BCUT2D eigenvalue weighted by atomic mass is 10.0. The molecule has 1 aliphatic heterocycles. The van der Waals surface area contributed by atoms with Crippen LogP contribution in [-0.2, 0) is 16.8 Å². The van der Waals surface area contributed by atoms with Gasteiger partial charge in [-0.05, 0) is 63.1 Å². The average Bonchev–Trinajstić information content (AvgIpc) is 3.61. The topological polar surface area (TPSA) is 119 Å². The summed E-state index contributed by atoms with van der Waals surface area (Å²) >= 11 is 1.35. The summed E-state index contributed by atoms with van der Waals surface area (Å²) in [6.07, 6.45) is 3.19. The van der Waals surface area contributed by atoms with Gasteiger partial charge in [0, 0.05) is 23.6 Å². The SMILES string of the molecule is Cc1c(C(=O)C(=O)NC2(c3nncs3)CC2)c2n(c1C(=O)Nc1ccnc(C(C)F)c1)[C@@H]1C[C@@H]1C2. The Morgan fingerprint density at radius 1 is 1.31 bits per heavy atom. The molecule has 0 aromatic carbocycles. The maximum Gasteiger partial charge on any atom is 0.293 e. The maximum atomic E-state index is 13.7. The number of amides is 2. The molecule has 180 valence electrons. The molecule has 0 saturated heterocycles. The quantitative estimate of drug-likeness (QED) is 0.384. The van der Waals surface area contributed by atoms with E-state index in [2.05, 4.69) is 25.8 Å². The van der Waals surface area contributed by atoms with E-state index in [9.17, 15) is 18.8 Å². The summed E-state index contributed by atoms with van der Waals surface area (Å²) in [5, 5.41) is 14.3. The average molecular weight is 495 g/mol. The van der Waals surface area contributed by atoms with Gasteiger partial charge in [-0.15, -0.1) is 21.5 Å². The molecule has 0 spiro atoms. The number of nitrogens with one attached hydrogen (secondary N) is 2. The van der Waals surface area contributed by atoms with Crippen molar-refractivity contribution in [3.05, 3.63) is 57.1 Å². The molecule has 2 N–H and O–H groups in total. The number of hydrogen-bond donors (Lipinski definition) is 2. The fraction of sp³-hybridized carbons (Fsp3) is 0.417. The zero-order chi connectivity index (χ0) is 24.5. The molecule has 0 bridgehead atoms. The predicted octanol–water partition coefficient (Wildman–Crippen LogP) is 3.43. The second kappa shape index (κ2) is 7.77. The third-order valence-electron chi connectivity index (χ3n) is 7.19. The standard InChI is InChI=1S/C24H23FN6O3S/c1-11-18(20(32)22(34)29-24(4-5-24)23-30-27-10-35-23)17-8-13-7-16(13)31(17)19(11)21(33)28-14-3-6-26-15(9-14)12(2)25/h3,6,9-10,12-13,16H,4-5,7-8H2,1-2H3,(H,29,34)(H,26,28,33)/t12?,13-,16-/m1/s1. The van der Waals surface area contributed by atoms with Gasteiger partial charge in [0.2, 0.25) is 0 Å². The number of nitrogens with zero attached hydrogens (tertiary/aromatic N) is 4. The summed E-state index contributed by atoms with van der Waals surface area (Å²) in [5.74, 6) is -1.35. The first-order valence-electron chi connectivity index (χ1n) is 11.6. The summed E-state index contributed by atoms with van der Waals surface area (Å²) in [4.78, 5) is 43.8. The Labute approximate surface area is 204 Å². The van der Waals surface area contributed by atoms with Gasteiger partial charge in [-0.25, -0.2) is 4.39 Å². The summed E-state index contributed by atoms with van der Waals surface area (Å²) < 4.78 is 15.6. The van der Waals surface area contributed by atoms with E-state index in [4.69, 9.17) is 0 Å². The molecule has 9 nitrogen and oxygen atoms in total. The van der Waals surface area contributed by atoms with E-state index in [1.165, 1.54) is 30.5 Å². The minimum atomic E-state index is -1.27. The zero-order valence-corrected chi connectivity index (χ0v) is 20.0. The number of ketones is 1. The number of aromatic nitrogens is 4. The highest BCUT2D eigenvalue weighted by Crippen LogP contribution is 2.54. The van der Waals surface area contributed by atoms with Crippen LogP contribution in [0.15, 0.2) is 23.8 Å². The van der Waals surface area contributed by atoms with Crippen LogP contribution in [0.2, 0.25) is 0 Å². The van der Waals surface area contributed by atoms with Gasteiger partial charge < -0.3 is 15.2 Å². The molecular formula is C24H23FN6O3S. The number of anilines is 1. The molecule has 3 aromatic rings. The highest BCUT2D eigenvalue weighted by atomic mass is 32.1. The predicted molar refractivity (Wildman–Crippen MR) is 125 cm³/mol. The van der Waals surface area contributed by atoms with E-state index in [0.29, 0.717) is 52.7 Å². The highest BCUT2D eigenvalue weighted by molar-refractivity contribution is 7.09. The van der Waals surface area contributed by atoms with E-state index < -0.39 is 29.3 Å². The van der Waals surface area contributed by atoms with Crippen LogP contribution in [0.4, 0.5) is 10.1 Å². The lowest BCUT2D eigenvalue weighted by Crippen LogP contribution is -2.39. The smallest absolute Gasteiger partial charge is 0.293 e. The number of rotatable bonds is 7. The second-order valence-electron chi connectivity index (χ2n) is 9.58. The first-order chi connectivity index (χ1) is 16.8. The third-order valence-corrected chi connectivity index (χ3v) is 8.09. The maximum absolute atomic E-state index is 13.7.